The monoisotopic (exact) mass is 220 g/mol. The van der Waals surface area contributed by atoms with Crippen LogP contribution in [0.3, 0.4) is 0 Å². The minimum atomic E-state index is -4.30. The normalized spacial score (nSPS) is 12.7. The van der Waals surface area contributed by atoms with E-state index in [-0.39, 0.29) is 11.7 Å². The summed E-state index contributed by atoms with van der Waals surface area (Å²) >= 11 is 0. The van der Waals surface area contributed by atoms with Crippen LogP contribution in [-0.4, -0.2) is 18.9 Å². The van der Waals surface area contributed by atoms with Crippen LogP contribution in [-0.2, 0) is 19.6 Å². The lowest BCUT2D eigenvalue weighted by Gasteiger charge is -2.09. The maximum absolute atomic E-state index is 10.8. The summed E-state index contributed by atoms with van der Waals surface area (Å²) in [5.74, 6) is -1.23. The molecule has 1 N–H and O–H groups in total. The summed E-state index contributed by atoms with van der Waals surface area (Å²) in [6.45, 7) is 6.39. The number of rotatable bonds is 4. The minimum Gasteiger partial charge on any atom is -0.427 e. The molecule has 0 amide bonds. The zero-order chi connectivity index (χ0) is 11.4. The Bertz CT molecular complexity index is 350. The second-order valence-electron chi connectivity index (χ2n) is 2.82. The molecule has 0 aromatic carbocycles. The van der Waals surface area contributed by atoms with Crippen LogP contribution >= 0.6 is 0 Å². The third kappa shape index (κ3) is 5.50. The number of ether oxygens (including phenoxy) is 1. The van der Waals surface area contributed by atoms with Crippen molar-refractivity contribution in [1.82, 2.24) is 0 Å². The zero-order valence-corrected chi connectivity index (χ0v) is 8.74. The first kappa shape index (κ1) is 12.9. The Morgan fingerprint density at radius 1 is 1.50 bits per heavy atom. The Morgan fingerprint density at radius 2 is 2.00 bits per heavy atom. The van der Waals surface area contributed by atoms with Gasteiger partial charge in [-0.1, -0.05) is 20.4 Å². The number of esters is 1. The SMILES string of the molecule is C=CC(=O)OC(=CS(=O)(=O)O)C(C)C. The molecule has 0 aromatic rings. The number of carbonyl (C=O) groups is 1. The standard InChI is InChI=1S/C8H12O5S/c1-4-8(9)13-7(6(2)3)5-14(10,11)12/h4-6H,1H2,2-3H3,(H,10,11,12). The fourth-order valence-corrected chi connectivity index (χ4v) is 1.20. The molecule has 0 aliphatic carbocycles. The maximum Gasteiger partial charge on any atom is 0.335 e. The average Bonchev–Trinajstić information content (AvgIpc) is 2.00. The molecule has 0 rings (SSSR count). The molecule has 0 saturated carbocycles. The summed E-state index contributed by atoms with van der Waals surface area (Å²) in [4.78, 5) is 10.8. The average molecular weight is 220 g/mol. The van der Waals surface area contributed by atoms with Crippen molar-refractivity contribution in [3.8, 4) is 0 Å². The van der Waals surface area contributed by atoms with Crippen LogP contribution in [0, 0.1) is 5.92 Å². The molecule has 6 heteroatoms. The van der Waals surface area contributed by atoms with Crippen molar-refractivity contribution in [1.29, 1.82) is 0 Å². The van der Waals surface area contributed by atoms with Crippen LogP contribution in [0.2, 0.25) is 0 Å². The largest absolute Gasteiger partial charge is 0.427 e. The highest BCUT2D eigenvalue weighted by atomic mass is 32.2. The molecule has 0 bridgehead atoms. The Hall–Kier alpha value is -1.14. The molecule has 0 aliphatic rings. The molecule has 5 nitrogen and oxygen atoms in total. The van der Waals surface area contributed by atoms with E-state index in [1.807, 2.05) is 0 Å². The Kier molecular flexibility index (Phi) is 4.52. The van der Waals surface area contributed by atoms with Gasteiger partial charge in [0.1, 0.15) is 5.76 Å². The van der Waals surface area contributed by atoms with Crippen molar-refractivity contribution in [2.75, 3.05) is 0 Å². The quantitative estimate of drug-likeness (QED) is 0.332. The summed E-state index contributed by atoms with van der Waals surface area (Å²) in [6.07, 6.45) is 0.903. The molecule has 14 heavy (non-hydrogen) atoms. The van der Waals surface area contributed by atoms with E-state index in [9.17, 15) is 13.2 Å². The Morgan fingerprint density at radius 3 is 2.29 bits per heavy atom. The van der Waals surface area contributed by atoms with Gasteiger partial charge < -0.3 is 4.74 Å². The van der Waals surface area contributed by atoms with Crippen LogP contribution in [0.15, 0.2) is 23.8 Å². The summed E-state index contributed by atoms with van der Waals surface area (Å²) in [6, 6.07) is 0. The second kappa shape index (κ2) is 4.92. The van der Waals surface area contributed by atoms with Gasteiger partial charge in [-0.2, -0.15) is 8.42 Å². The van der Waals surface area contributed by atoms with Gasteiger partial charge in [-0.15, -0.1) is 0 Å². The van der Waals surface area contributed by atoms with Gasteiger partial charge in [0.15, 0.2) is 0 Å². The van der Waals surface area contributed by atoms with E-state index in [0.29, 0.717) is 5.41 Å². The van der Waals surface area contributed by atoms with Crippen LogP contribution in [0.25, 0.3) is 0 Å². The van der Waals surface area contributed by atoms with Crippen molar-refractivity contribution in [2.24, 2.45) is 5.92 Å². The Balaban J connectivity index is 4.88. The van der Waals surface area contributed by atoms with E-state index in [2.05, 4.69) is 11.3 Å². The molecule has 0 unspecified atom stereocenters. The molecule has 0 aliphatic heterocycles. The molecule has 0 saturated heterocycles. The Labute approximate surface area is 82.8 Å². The number of hydrogen-bond donors (Lipinski definition) is 1. The van der Waals surface area contributed by atoms with E-state index in [4.69, 9.17) is 4.55 Å². The van der Waals surface area contributed by atoms with E-state index < -0.39 is 16.1 Å². The topological polar surface area (TPSA) is 80.7 Å². The lowest BCUT2D eigenvalue weighted by atomic mass is 10.2. The zero-order valence-electron chi connectivity index (χ0n) is 7.93. The smallest absolute Gasteiger partial charge is 0.335 e. The first-order valence-corrected chi connectivity index (χ1v) is 5.30. The third-order valence-corrected chi connectivity index (χ3v) is 1.75. The van der Waals surface area contributed by atoms with Crippen LogP contribution in [0.4, 0.5) is 0 Å². The molecule has 0 fully saturated rings. The molecular weight excluding hydrogens is 208 g/mol. The van der Waals surface area contributed by atoms with Gasteiger partial charge in [0, 0.05) is 12.0 Å². The van der Waals surface area contributed by atoms with Crippen molar-refractivity contribution >= 4 is 16.1 Å². The van der Waals surface area contributed by atoms with Gasteiger partial charge in [-0.05, 0) is 0 Å². The lowest BCUT2D eigenvalue weighted by molar-refractivity contribution is -0.134. The second-order valence-corrected chi connectivity index (χ2v) is 4.08. The van der Waals surface area contributed by atoms with Gasteiger partial charge in [0.25, 0.3) is 10.1 Å². The molecule has 0 heterocycles. The summed E-state index contributed by atoms with van der Waals surface area (Å²) in [5.41, 5.74) is 0. The number of hydrogen-bond acceptors (Lipinski definition) is 4. The first-order valence-electron chi connectivity index (χ1n) is 3.79. The first-order chi connectivity index (χ1) is 6.26. The molecule has 0 aromatic heterocycles. The van der Waals surface area contributed by atoms with E-state index in [0.717, 1.165) is 6.08 Å². The van der Waals surface area contributed by atoms with Gasteiger partial charge in [-0.25, -0.2) is 4.79 Å². The minimum absolute atomic E-state index is 0.127. The van der Waals surface area contributed by atoms with E-state index in [1.54, 1.807) is 13.8 Å². The van der Waals surface area contributed by atoms with Gasteiger partial charge in [-0.3, -0.25) is 4.55 Å². The fraction of sp³-hybridized carbons (Fsp3) is 0.375. The molecular formula is C8H12O5S. The van der Waals surface area contributed by atoms with Crippen molar-refractivity contribution in [3.05, 3.63) is 23.8 Å². The van der Waals surface area contributed by atoms with Gasteiger partial charge in [0.2, 0.25) is 0 Å². The lowest BCUT2D eigenvalue weighted by Crippen LogP contribution is -2.08. The van der Waals surface area contributed by atoms with Crippen LogP contribution in [0.1, 0.15) is 13.8 Å². The highest BCUT2D eigenvalue weighted by Crippen LogP contribution is 2.13. The van der Waals surface area contributed by atoms with Gasteiger partial charge >= 0.3 is 5.97 Å². The van der Waals surface area contributed by atoms with Crippen molar-refractivity contribution in [3.63, 3.8) is 0 Å². The van der Waals surface area contributed by atoms with E-state index >= 15 is 0 Å². The molecule has 80 valence electrons. The molecule has 0 radical (unpaired) electrons. The van der Waals surface area contributed by atoms with Crippen LogP contribution < -0.4 is 0 Å². The maximum atomic E-state index is 10.8. The van der Waals surface area contributed by atoms with Crippen LogP contribution in [0.5, 0.6) is 0 Å². The number of carbonyl (C=O) groups excluding carboxylic acids is 1. The van der Waals surface area contributed by atoms with E-state index in [1.165, 1.54) is 0 Å². The fourth-order valence-electron chi connectivity index (χ4n) is 0.583. The number of allylic oxidation sites excluding steroid dienone is 1. The highest BCUT2D eigenvalue weighted by molar-refractivity contribution is 7.88. The summed E-state index contributed by atoms with van der Waals surface area (Å²) in [7, 11) is -4.30. The van der Waals surface area contributed by atoms with Gasteiger partial charge in [0.05, 0.1) is 5.41 Å². The summed E-state index contributed by atoms with van der Waals surface area (Å²) in [5, 5.41) is 0.499. The third-order valence-electron chi connectivity index (χ3n) is 1.22. The predicted molar refractivity (Wildman–Crippen MR) is 50.8 cm³/mol. The van der Waals surface area contributed by atoms with Crippen molar-refractivity contribution < 1.29 is 22.5 Å². The van der Waals surface area contributed by atoms with Crippen molar-refractivity contribution in [2.45, 2.75) is 13.8 Å². The predicted octanol–water partition coefficient (Wildman–Crippen LogP) is 1.10. The molecule has 0 atom stereocenters. The summed E-state index contributed by atoms with van der Waals surface area (Å²) < 4.78 is 34.1. The highest BCUT2D eigenvalue weighted by Gasteiger charge is 2.12. The molecule has 0 spiro atoms.